The second-order valence-electron chi connectivity index (χ2n) is 5.38. The summed E-state index contributed by atoms with van der Waals surface area (Å²) in [6, 6.07) is 17.8. The van der Waals surface area contributed by atoms with Gasteiger partial charge in [-0.1, -0.05) is 36.4 Å². The van der Waals surface area contributed by atoms with Gasteiger partial charge in [-0.15, -0.1) is 12.4 Å². The minimum absolute atomic E-state index is 0. The summed E-state index contributed by atoms with van der Waals surface area (Å²) in [4.78, 5) is 0. The number of furan rings is 1. The predicted molar refractivity (Wildman–Crippen MR) is 128 cm³/mol. The summed E-state index contributed by atoms with van der Waals surface area (Å²) in [5, 5.41) is 17.1. The van der Waals surface area contributed by atoms with Crippen molar-refractivity contribution >= 4 is 70.7 Å². The van der Waals surface area contributed by atoms with E-state index in [9.17, 15) is 0 Å². The van der Waals surface area contributed by atoms with Crippen molar-refractivity contribution in [3.05, 3.63) is 72.2 Å². The molecule has 0 aliphatic rings. The summed E-state index contributed by atoms with van der Waals surface area (Å²) in [6.45, 7) is 1.88. The first-order chi connectivity index (χ1) is 14.5. The second-order valence-corrected chi connectivity index (χ2v) is 6.22. The molecule has 161 valence electrons. The molecule has 0 aliphatic carbocycles. The number of amidine groups is 2. The Kier molecular flexibility index (Phi) is 14.8. The van der Waals surface area contributed by atoms with Gasteiger partial charge in [0.25, 0.3) is 0 Å². The number of hydrogen-bond acceptors (Lipinski definition) is 8. The molecule has 4 N–H and O–H groups in total. The molecule has 0 atom stereocenters. The van der Waals surface area contributed by atoms with Crippen molar-refractivity contribution in [2.75, 3.05) is 0 Å². The second kappa shape index (κ2) is 16.1. The average Bonchev–Trinajstić information content (AvgIpc) is 3.27. The third-order valence-electron chi connectivity index (χ3n) is 3.35. The van der Waals surface area contributed by atoms with Crippen molar-refractivity contribution < 1.29 is 25.5 Å². The van der Waals surface area contributed by atoms with E-state index in [1.807, 2.05) is 25.1 Å². The van der Waals surface area contributed by atoms with Gasteiger partial charge in [-0.2, -0.15) is 20.4 Å². The minimum atomic E-state index is 0. The Morgan fingerprint density at radius 3 is 2.16 bits per heavy atom. The molecule has 0 saturated carbocycles. The molecule has 0 saturated heterocycles. The van der Waals surface area contributed by atoms with Crippen molar-refractivity contribution in [3.63, 3.8) is 0 Å². The summed E-state index contributed by atoms with van der Waals surface area (Å²) < 4.78 is 13.1. The van der Waals surface area contributed by atoms with Crippen LogP contribution in [-0.2, 0) is 46.3 Å². The molecule has 0 bridgehead atoms. The topological polar surface area (TPSA) is 132 Å². The molecule has 31 heavy (non-hydrogen) atoms. The van der Waals surface area contributed by atoms with Crippen LogP contribution in [0, 0.1) is 0 Å². The van der Waals surface area contributed by atoms with Gasteiger partial charge in [-0.25, -0.2) is 0 Å². The van der Waals surface area contributed by atoms with Gasteiger partial charge in [0.2, 0.25) is 0 Å². The van der Waals surface area contributed by atoms with Gasteiger partial charge < -0.3 is 41.1 Å². The average molecular weight is 514 g/mol. The van der Waals surface area contributed by atoms with E-state index >= 15 is 0 Å². The molecule has 0 spiro atoms. The van der Waals surface area contributed by atoms with Gasteiger partial charge >= 0.3 is 21.0 Å². The molecule has 3 aromatic rings. The SMILES string of the molecule is C/C(=N/N=C(/N)[S-])c1ccc2ccccc2c1.Cl.N/C([S-])=N/N=C\c1ccco1.[O]=[V+2]. The van der Waals surface area contributed by atoms with Crippen LogP contribution in [0.1, 0.15) is 18.2 Å². The monoisotopic (exact) mass is 513 g/mol. The molecule has 1 aromatic heterocycles. The van der Waals surface area contributed by atoms with E-state index < -0.39 is 0 Å². The predicted octanol–water partition coefficient (Wildman–Crippen LogP) is 3.20. The molecular weight excluding hydrogens is 495 g/mol. The van der Waals surface area contributed by atoms with Gasteiger partial charge in [0.1, 0.15) is 5.76 Å². The third-order valence-corrected chi connectivity index (χ3v) is 3.51. The number of nitrogens with zero attached hydrogens (tertiary/aromatic N) is 4. The summed E-state index contributed by atoms with van der Waals surface area (Å²) in [7, 11) is 0. The van der Waals surface area contributed by atoms with Crippen LogP contribution >= 0.6 is 12.4 Å². The zero-order valence-corrected chi connectivity index (χ0v) is 20.1. The fourth-order valence-electron chi connectivity index (χ4n) is 2.10. The first kappa shape index (κ1) is 28.4. The summed E-state index contributed by atoms with van der Waals surface area (Å²) in [6.07, 6.45) is 2.97. The van der Waals surface area contributed by atoms with E-state index in [0.717, 1.165) is 28.6 Å². The maximum atomic E-state index is 8.19. The number of rotatable bonds is 4. The van der Waals surface area contributed by atoms with Crippen LogP contribution in [0.2, 0.25) is 0 Å². The molecule has 2 aromatic carbocycles. The molecule has 0 radical (unpaired) electrons. The molecule has 0 aliphatic heterocycles. The Morgan fingerprint density at radius 1 is 0.935 bits per heavy atom. The quantitative estimate of drug-likeness (QED) is 0.238. The van der Waals surface area contributed by atoms with Gasteiger partial charge in [0.15, 0.2) is 0 Å². The molecule has 12 heteroatoms. The Labute approximate surface area is 206 Å². The van der Waals surface area contributed by atoms with Crippen molar-refractivity contribution in [2.45, 2.75) is 6.92 Å². The Balaban J connectivity index is 0.000000561. The van der Waals surface area contributed by atoms with Crippen LogP contribution in [0.5, 0.6) is 0 Å². The van der Waals surface area contributed by atoms with E-state index in [1.54, 1.807) is 18.4 Å². The molecule has 3 rings (SSSR count). The molecule has 0 fully saturated rings. The van der Waals surface area contributed by atoms with Gasteiger partial charge in [0, 0.05) is 0 Å². The van der Waals surface area contributed by atoms with E-state index in [-0.39, 0.29) is 22.7 Å². The van der Waals surface area contributed by atoms with Crippen LogP contribution < -0.4 is 11.5 Å². The first-order valence-electron chi connectivity index (χ1n) is 8.25. The molecular formula is C19H19ClN6O2S2V. The molecule has 1 heterocycles. The first-order valence-corrected chi connectivity index (χ1v) is 9.63. The zero-order valence-electron chi connectivity index (χ0n) is 16.3. The summed E-state index contributed by atoms with van der Waals surface area (Å²) in [5.74, 6) is 0.616. The number of nitrogens with two attached hydrogens (primary N) is 2. The number of benzene rings is 2. The van der Waals surface area contributed by atoms with Crippen molar-refractivity contribution in [3.8, 4) is 0 Å². The Morgan fingerprint density at radius 2 is 1.58 bits per heavy atom. The fourth-order valence-corrected chi connectivity index (χ4v) is 2.19. The Hall–Kier alpha value is -2.63. The number of fused-ring (bicyclic) bond motifs is 1. The molecule has 0 unspecified atom stereocenters. The standard InChI is InChI=1S/C13H13N3S.C6H7N3OS.ClH.O.V/c1-9(15-16-13(14)17)11-7-6-10-4-2-3-5-12(10)8-11;7-6(11)9-8-4-5-2-1-3-10-5;;;/h2-8H,1H3,(H3,14,16,17);1-4H,(H3,7,9,11);1H;;/q;;;;+2/p-2/b15-9-;8-4-;;;. The number of halogens is 1. The summed E-state index contributed by atoms with van der Waals surface area (Å²) in [5.41, 5.74) is 12.1. The van der Waals surface area contributed by atoms with Crippen LogP contribution in [0.3, 0.4) is 0 Å². The van der Waals surface area contributed by atoms with Crippen LogP contribution in [-0.4, -0.2) is 22.3 Å². The van der Waals surface area contributed by atoms with E-state index in [0.29, 0.717) is 5.76 Å². The molecule has 0 amide bonds. The Bertz CT molecular complexity index is 1050. The fraction of sp³-hybridized carbons (Fsp3) is 0.0526. The van der Waals surface area contributed by atoms with Gasteiger partial charge in [0.05, 0.1) is 18.2 Å². The van der Waals surface area contributed by atoms with Crippen molar-refractivity contribution in [1.29, 1.82) is 0 Å². The van der Waals surface area contributed by atoms with Crippen LogP contribution in [0.4, 0.5) is 0 Å². The third kappa shape index (κ3) is 11.4. The molecule has 8 nitrogen and oxygen atoms in total. The summed E-state index contributed by atoms with van der Waals surface area (Å²) >= 11 is 10.2. The van der Waals surface area contributed by atoms with Crippen LogP contribution in [0.25, 0.3) is 10.8 Å². The maximum absolute atomic E-state index is 8.19. The van der Waals surface area contributed by atoms with Gasteiger partial charge in [-0.3, -0.25) is 0 Å². The zero-order chi connectivity index (χ0) is 22.4. The number of hydrogen-bond donors (Lipinski definition) is 2. The normalized spacial score (nSPS) is 11.8. The van der Waals surface area contributed by atoms with Crippen LogP contribution in [0.15, 0.2) is 85.7 Å². The van der Waals surface area contributed by atoms with Gasteiger partial charge in [-0.05, 0) is 51.8 Å². The van der Waals surface area contributed by atoms with Crippen molar-refractivity contribution in [2.24, 2.45) is 31.9 Å². The van der Waals surface area contributed by atoms with E-state index in [4.69, 9.17) is 19.6 Å². The van der Waals surface area contributed by atoms with E-state index in [2.05, 4.69) is 69.9 Å². The van der Waals surface area contributed by atoms with E-state index in [1.165, 1.54) is 17.0 Å². The van der Waals surface area contributed by atoms with Crippen molar-refractivity contribution in [1.82, 2.24) is 0 Å².